The van der Waals surface area contributed by atoms with Gasteiger partial charge in [-0.3, -0.25) is 4.79 Å². The van der Waals surface area contributed by atoms with Crippen molar-refractivity contribution < 1.29 is 9.90 Å². The number of nitrogens with zero attached hydrogens (tertiary/aromatic N) is 1. The summed E-state index contributed by atoms with van der Waals surface area (Å²) in [6.45, 7) is 1.74. The van der Waals surface area contributed by atoms with E-state index in [1.165, 1.54) is 5.56 Å². The summed E-state index contributed by atoms with van der Waals surface area (Å²) in [6.07, 6.45) is 7.68. The lowest BCUT2D eigenvalue weighted by Crippen LogP contribution is -2.30. The number of aromatic hydroxyl groups is 1. The quantitative estimate of drug-likeness (QED) is 0.778. The maximum Gasteiger partial charge on any atom is 0.253 e. The van der Waals surface area contributed by atoms with Crippen LogP contribution in [0, 0.1) is 5.92 Å². The van der Waals surface area contributed by atoms with Gasteiger partial charge in [0, 0.05) is 35.8 Å². The average Bonchev–Trinajstić information content (AvgIpc) is 3.39. The van der Waals surface area contributed by atoms with E-state index in [-0.39, 0.29) is 17.9 Å². The van der Waals surface area contributed by atoms with E-state index >= 15 is 0 Å². The molecule has 138 valence electrons. The van der Waals surface area contributed by atoms with Crippen molar-refractivity contribution in [2.45, 2.75) is 31.2 Å². The molecule has 5 rings (SSSR count). The lowest BCUT2D eigenvalue weighted by molar-refractivity contribution is 0.0792. The molecule has 0 radical (unpaired) electrons. The van der Waals surface area contributed by atoms with Crippen molar-refractivity contribution in [3.8, 4) is 5.75 Å². The molecule has 2 N–H and O–H groups in total. The molecule has 3 aliphatic rings. The second-order valence-corrected chi connectivity index (χ2v) is 7.84. The Balaban J connectivity index is 1.51. The number of hydrogen-bond acceptors (Lipinski definition) is 3. The Kier molecular flexibility index (Phi) is 3.92. The van der Waals surface area contributed by atoms with Gasteiger partial charge >= 0.3 is 0 Å². The van der Waals surface area contributed by atoms with E-state index in [1.807, 2.05) is 35.2 Å². The standard InChI is InChI=1S/C23H24N2O2/c26-21-9-2-1-6-18(21)22-17-8-5-7-16(17)19-14-15(10-11-20(19)24-22)23(27)25-12-3-4-13-25/h1-2,5-7,9-11,14,16-17,22,24,26H,3-4,8,12-13H2. The number of para-hydroxylation sites is 1. The van der Waals surface area contributed by atoms with Crippen LogP contribution in [0.1, 0.15) is 52.7 Å². The molecule has 0 saturated carbocycles. The van der Waals surface area contributed by atoms with Crippen molar-refractivity contribution in [1.29, 1.82) is 0 Å². The first-order valence-electron chi connectivity index (χ1n) is 9.87. The highest BCUT2D eigenvalue weighted by atomic mass is 16.3. The lowest BCUT2D eigenvalue weighted by atomic mass is 9.76. The van der Waals surface area contributed by atoms with E-state index in [2.05, 4.69) is 23.5 Å². The fourth-order valence-corrected chi connectivity index (χ4v) is 4.89. The van der Waals surface area contributed by atoms with Gasteiger partial charge in [0.1, 0.15) is 5.75 Å². The number of allylic oxidation sites excluding steroid dienone is 2. The molecule has 2 aliphatic heterocycles. The summed E-state index contributed by atoms with van der Waals surface area (Å²) >= 11 is 0. The smallest absolute Gasteiger partial charge is 0.253 e. The number of hydrogen-bond donors (Lipinski definition) is 2. The topological polar surface area (TPSA) is 52.6 Å². The SMILES string of the molecule is O=C(c1ccc2c(c1)C1C=CCC1C(c1ccccc1O)N2)N1CCCC1. The highest BCUT2D eigenvalue weighted by molar-refractivity contribution is 5.95. The summed E-state index contributed by atoms with van der Waals surface area (Å²) in [4.78, 5) is 14.8. The number of fused-ring (bicyclic) bond motifs is 3. The first kappa shape index (κ1) is 16.4. The van der Waals surface area contributed by atoms with E-state index in [0.29, 0.717) is 11.7 Å². The van der Waals surface area contributed by atoms with Crippen molar-refractivity contribution in [1.82, 2.24) is 4.90 Å². The molecule has 2 aromatic rings. The number of anilines is 1. The number of phenolic OH excluding ortho intramolecular Hbond substituents is 1. The monoisotopic (exact) mass is 360 g/mol. The molecule has 4 nitrogen and oxygen atoms in total. The van der Waals surface area contributed by atoms with Gasteiger partial charge in [-0.15, -0.1) is 0 Å². The van der Waals surface area contributed by atoms with Crippen molar-refractivity contribution in [3.05, 3.63) is 71.3 Å². The molecular weight excluding hydrogens is 336 g/mol. The van der Waals surface area contributed by atoms with E-state index in [4.69, 9.17) is 0 Å². The predicted octanol–water partition coefficient (Wildman–Crippen LogP) is 4.45. The Morgan fingerprint density at radius 3 is 2.70 bits per heavy atom. The molecule has 1 amide bonds. The first-order chi connectivity index (χ1) is 13.2. The lowest BCUT2D eigenvalue weighted by Gasteiger charge is -2.38. The number of benzene rings is 2. The van der Waals surface area contributed by atoms with Crippen molar-refractivity contribution in [3.63, 3.8) is 0 Å². The average molecular weight is 360 g/mol. The molecule has 2 heterocycles. The van der Waals surface area contributed by atoms with Gasteiger partial charge in [0.15, 0.2) is 0 Å². The van der Waals surface area contributed by atoms with Crippen LogP contribution in [0.15, 0.2) is 54.6 Å². The van der Waals surface area contributed by atoms with Crippen molar-refractivity contribution in [2.75, 3.05) is 18.4 Å². The van der Waals surface area contributed by atoms with Gasteiger partial charge in [-0.05, 0) is 55.0 Å². The molecule has 27 heavy (non-hydrogen) atoms. The van der Waals surface area contributed by atoms with Crippen molar-refractivity contribution >= 4 is 11.6 Å². The van der Waals surface area contributed by atoms with Gasteiger partial charge in [-0.1, -0.05) is 30.4 Å². The zero-order valence-corrected chi connectivity index (χ0v) is 15.3. The van der Waals surface area contributed by atoms with Crippen LogP contribution in [0.2, 0.25) is 0 Å². The van der Waals surface area contributed by atoms with Crippen LogP contribution >= 0.6 is 0 Å². The zero-order chi connectivity index (χ0) is 18.4. The largest absolute Gasteiger partial charge is 0.508 e. The molecular formula is C23H24N2O2. The van der Waals surface area contributed by atoms with Gasteiger partial charge in [0.05, 0.1) is 6.04 Å². The number of likely N-dealkylation sites (tertiary alicyclic amines) is 1. The van der Waals surface area contributed by atoms with Crippen LogP contribution in [0.5, 0.6) is 5.75 Å². The number of carbonyl (C=O) groups excluding carboxylic acids is 1. The Hall–Kier alpha value is -2.75. The van der Waals surface area contributed by atoms with E-state index in [0.717, 1.165) is 49.2 Å². The van der Waals surface area contributed by atoms with Crippen LogP contribution in [-0.4, -0.2) is 29.0 Å². The second kappa shape index (κ2) is 6.45. The number of phenols is 1. The third-order valence-electron chi connectivity index (χ3n) is 6.27. The number of amides is 1. The molecule has 0 spiro atoms. The maximum atomic E-state index is 12.8. The fraction of sp³-hybridized carbons (Fsp3) is 0.348. The normalized spacial score (nSPS) is 25.8. The number of rotatable bonds is 2. The minimum absolute atomic E-state index is 0.0684. The van der Waals surface area contributed by atoms with Crippen LogP contribution < -0.4 is 5.32 Å². The third-order valence-corrected chi connectivity index (χ3v) is 6.27. The number of nitrogens with one attached hydrogen (secondary N) is 1. The molecule has 3 unspecified atom stereocenters. The minimum atomic E-state index is 0.0684. The Morgan fingerprint density at radius 1 is 1.07 bits per heavy atom. The van der Waals surface area contributed by atoms with E-state index < -0.39 is 0 Å². The summed E-state index contributed by atoms with van der Waals surface area (Å²) in [5, 5.41) is 14.0. The zero-order valence-electron chi connectivity index (χ0n) is 15.3. The first-order valence-corrected chi connectivity index (χ1v) is 9.87. The highest BCUT2D eigenvalue weighted by Crippen LogP contribution is 2.51. The van der Waals surface area contributed by atoms with E-state index in [9.17, 15) is 9.90 Å². The van der Waals surface area contributed by atoms with Gasteiger partial charge in [0.25, 0.3) is 5.91 Å². The molecule has 1 fully saturated rings. The van der Waals surface area contributed by atoms with Crippen LogP contribution in [0.25, 0.3) is 0 Å². The summed E-state index contributed by atoms with van der Waals surface area (Å²) in [7, 11) is 0. The van der Waals surface area contributed by atoms with Gasteiger partial charge in [-0.2, -0.15) is 0 Å². The summed E-state index contributed by atoms with van der Waals surface area (Å²) in [5.74, 6) is 1.11. The summed E-state index contributed by atoms with van der Waals surface area (Å²) < 4.78 is 0. The maximum absolute atomic E-state index is 12.8. The fourth-order valence-electron chi connectivity index (χ4n) is 4.89. The predicted molar refractivity (Wildman–Crippen MR) is 106 cm³/mol. The molecule has 1 saturated heterocycles. The molecule has 0 aromatic heterocycles. The summed E-state index contributed by atoms with van der Waals surface area (Å²) in [6, 6.07) is 13.7. The highest BCUT2D eigenvalue weighted by Gasteiger charge is 2.39. The molecule has 3 atom stereocenters. The van der Waals surface area contributed by atoms with Crippen molar-refractivity contribution in [2.24, 2.45) is 5.92 Å². The molecule has 4 heteroatoms. The minimum Gasteiger partial charge on any atom is -0.508 e. The molecule has 1 aliphatic carbocycles. The third kappa shape index (κ3) is 2.71. The van der Waals surface area contributed by atoms with Gasteiger partial charge in [-0.25, -0.2) is 0 Å². The Labute approximate surface area is 159 Å². The van der Waals surface area contributed by atoms with Crippen LogP contribution in [0.4, 0.5) is 5.69 Å². The van der Waals surface area contributed by atoms with Crippen LogP contribution in [0.3, 0.4) is 0 Å². The van der Waals surface area contributed by atoms with Gasteiger partial charge < -0.3 is 15.3 Å². The Morgan fingerprint density at radius 2 is 1.89 bits per heavy atom. The molecule has 2 aromatic carbocycles. The van der Waals surface area contributed by atoms with Crippen LogP contribution in [-0.2, 0) is 0 Å². The summed E-state index contributed by atoms with van der Waals surface area (Å²) in [5.41, 5.74) is 4.00. The van der Waals surface area contributed by atoms with E-state index in [1.54, 1.807) is 6.07 Å². The number of carbonyl (C=O) groups is 1. The second-order valence-electron chi connectivity index (χ2n) is 7.84. The van der Waals surface area contributed by atoms with Gasteiger partial charge in [0.2, 0.25) is 0 Å². The molecule has 0 bridgehead atoms. The Bertz CT molecular complexity index is 914.